The Morgan fingerprint density at radius 1 is 0.756 bits per heavy atom. The van der Waals surface area contributed by atoms with Gasteiger partial charge in [-0.05, 0) is 99.3 Å². The lowest BCUT2D eigenvalue weighted by atomic mass is 9.85. The van der Waals surface area contributed by atoms with Crippen LogP contribution in [-0.2, 0) is 5.41 Å². The van der Waals surface area contributed by atoms with Crippen molar-refractivity contribution in [1.82, 2.24) is 4.98 Å². The van der Waals surface area contributed by atoms with E-state index in [1.807, 2.05) is 24.3 Å². The Bertz CT molecular complexity index is 2420. The van der Waals surface area contributed by atoms with Gasteiger partial charge in [-0.1, -0.05) is 69.3 Å². The zero-order valence-electron chi connectivity index (χ0n) is 29.0. The summed E-state index contributed by atoms with van der Waals surface area (Å²) in [5.41, 5.74) is 5.17. The Balaban J connectivity index is 1.40. The highest BCUT2D eigenvalue weighted by Crippen LogP contribution is 2.40. The number of aryl methyl sites for hydroxylation is 2. The third kappa shape index (κ3) is 4.07. The zero-order valence-corrected chi connectivity index (χ0v) is 23.0. The highest BCUT2D eigenvalue weighted by atomic mass is 16.3. The first-order valence-electron chi connectivity index (χ1n) is 16.5. The van der Waals surface area contributed by atoms with Crippen LogP contribution in [0.4, 0.5) is 0 Å². The van der Waals surface area contributed by atoms with Crippen LogP contribution in [0.25, 0.3) is 65.9 Å². The van der Waals surface area contributed by atoms with Crippen molar-refractivity contribution in [3.63, 3.8) is 0 Å². The van der Waals surface area contributed by atoms with Gasteiger partial charge in [0.05, 0.1) is 17.3 Å². The molecule has 3 heteroatoms. The van der Waals surface area contributed by atoms with E-state index in [2.05, 4.69) is 80.4 Å². The SMILES string of the molecule is [2H]C([2H])([2H])c1cnc(-c2cccc3c2oc2cc4c(ccc5cc(-c6ccc(C(C)(C)C)cc6)c(C#N)cc54)cc23)cc1C([2H])([2H])[2H]. The van der Waals surface area contributed by atoms with Crippen molar-refractivity contribution in [3.05, 3.63) is 113 Å². The molecule has 0 spiro atoms. The number of para-hydroxylation sites is 1. The molecule has 2 heterocycles. The molecular weight excluding hydrogens is 500 g/mol. The number of nitriles is 1. The lowest BCUT2D eigenvalue weighted by Gasteiger charge is -2.19. The summed E-state index contributed by atoms with van der Waals surface area (Å²) in [4.78, 5) is 4.37. The number of benzene rings is 5. The molecule has 0 aliphatic carbocycles. The number of aromatic nitrogens is 1. The maximum absolute atomic E-state index is 10.2. The molecule has 0 unspecified atom stereocenters. The summed E-state index contributed by atoms with van der Waals surface area (Å²) in [6.45, 7) is 1.27. The van der Waals surface area contributed by atoms with Crippen molar-refractivity contribution in [2.45, 2.75) is 39.9 Å². The van der Waals surface area contributed by atoms with E-state index >= 15 is 0 Å². The maximum atomic E-state index is 10.2. The standard InChI is InChI=1S/C38H30N2O/c1-22-15-35(40-21-23(22)2)30-8-6-7-29-34-17-26-10-9-25-16-31(24-11-13-28(14-12-24)38(3,4)5)27(20-39)18-32(25)33(26)19-36(34)41-37(29)30/h6-19,21H,1-5H3/i1D3,2D3. The van der Waals surface area contributed by atoms with Gasteiger partial charge in [-0.15, -0.1) is 0 Å². The average molecular weight is 537 g/mol. The summed E-state index contributed by atoms with van der Waals surface area (Å²) in [5, 5.41) is 15.7. The highest BCUT2D eigenvalue weighted by molar-refractivity contribution is 6.18. The van der Waals surface area contributed by atoms with Crippen LogP contribution in [0.1, 0.15) is 51.2 Å². The predicted molar refractivity (Wildman–Crippen MR) is 170 cm³/mol. The molecule has 0 aliphatic rings. The van der Waals surface area contributed by atoms with E-state index in [-0.39, 0.29) is 16.5 Å². The second-order valence-electron chi connectivity index (χ2n) is 11.6. The fraction of sp³-hybridized carbons (Fsp3) is 0.158. The number of rotatable bonds is 2. The van der Waals surface area contributed by atoms with E-state index in [0.717, 1.165) is 49.6 Å². The first-order valence-corrected chi connectivity index (χ1v) is 13.5. The van der Waals surface area contributed by atoms with Crippen molar-refractivity contribution in [3.8, 4) is 28.5 Å². The summed E-state index contributed by atoms with van der Waals surface area (Å²) in [5.74, 6) is 0. The number of nitrogens with zero attached hydrogens (tertiary/aromatic N) is 2. The number of furan rings is 1. The molecule has 5 aromatic carbocycles. The molecule has 0 saturated heterocycles. The molecule has 0 amide bonds. The van der Waals surface area contributed by atoms with E-state index in [1.54, 1.807) is 6.07 Å². The molecule has 0 fully saturated rings. The van der Waals surface area contributed by atoms with Crippen molar-refractivity contribution in [2.75, 3.05) is 0 Å². The molecular formula is C38H30N2O. The normalized spacial score (nSPS) is 14.8. The van der Waals surface area contributed by atoms with Gasteiger partial charge in [0.1, 0.15) is 11.2 Å². The average Bonchev–Trinajstić information content (AvgIpc) is 3.39. The van der Waals surface area contributed by atoms with E-state index in [1.165, 1.54) is 11.6 Å². The minimum absolute atomic E-state index is 0.0309. The highest BCUT2D eigenvalue weighted by Gasteiger charge is 2.17. The topological polar surface area (TPSA) is 49.8 Å². The van der Waals surface area contributed by atoms with Gasteiger partial charge in [0, 0.05) is 36.3 Å². The van der Waals surface area contributed by atoms with Gasteiger partial charge in [0.2, 0.25) is 0 Å². The fourth-order valence-corrected chi connectivity index (χ4v) is 5.68. The van der Waals surface area contributed by atoms with Gasteiger partial charge in [-0.25, -0.2) is 0 Å². The third-order valence-electron chi connectivity index (χ3n) is 7.95. The van der Waals surface area contributed by atoms with Gasteiger partial charge in [-0.2, -0.15) is 5.26 Å². The lowest BCUT2D eigenvalue weighted by molar-refractivity contribution is 0.590. The van der Waals surface area contributed by atoms with Crippen LogP contribution in [-0.4, -0.2) is 4.98 Å². The lowest BCUT2D eigenvalue weighted by Crippen LogP contribution is -2.10. The van der Waals surface area contributed by atoms with Crippen molar-refractivity contribution in [1.29, 1.82) is 5.26 Å². The molecule has 41 heavy (non-hydrogen) atoms. The van der Waals surface area contributed by atoms with Gasteiger partial charge in [0.25, 0.3) is 0 Å². The van der Waals surface area contributed by atoms with Gasteiger partial charge in [0.15, 0.2) is 0 Å². The molecule has 0 aliphatic heterocycles. The van der Waals surface area contributed by atoms with Gasteiger partial charge >= 0.3 is 0 Å². The van der Waals surface area contributed by atoms with E-state index < -0.39 is 13.7 Å². The minimum atomic E-state index is -2.64. The molecule has 2 aromatic heterocycles. The maximum Gasteiger partial charge on any atom is 0.144 e. The molecule has 0 radical (unpaired) electrons. The Kier molecular flexibility index (Phi) is 4.23. The van der Waals surface area contributed by atoms with Crippen LogP contribution >= 0.6 is 0 Å². The Morgan fingerprint density at radius 3 is 2.24 bits per heavy atom. The smallest absolute Gasteiger partial charge is 0.144 e. The summed E-state index contributed by atoms with van der Waals surface area (Å²) in [6.07, 6.45) is 1.13. The Labute approximate surface area is 248 Å². The summed E-state index contributed by atoms with van der Waals surface area (Å²) < 4.78 is 53.9. The molecule has 7 rings (SSSR count). The van der Waals surface area contributed by atoms with Gasteiger partial charge in [-0.3, -0.25) is 4.98 Å². The van der Waals surface area contributed by atoms with E-state index in [9.17, 15) is 5.26 Å². The molecule has 0 saturated carbocycles. The van der Waals surface area contributed by atoms with Crippen LogP contribution in [0, 0.1) is 25.0 Å². The quantitative estimate of drug-likeness (QED) is 0.207. The van der Waals surface area contributed by atoms with Crippen molar-refractivity contribution in [2.24, 2.45) is 0 Å². The first kappa shape index (κ1) is 19.2. The van der Waals surface area contributed by atoms with Crippen LogP contribution in [0.15, 0.2) is 95.5 Å². The number of hydrogen-bond acceptors (Lipinski definition) is 3. The largest absolute Gasteiger partial charge is 0.455 e. The minimum Gasteiger partial charge on any atom is -0.455 e. The molecule has 3 nitrogen and oxygen atoms in total. The monoisotopic (exact) mass is 536 g/mol. The number of fused-ring (bicyclic) bond motifs is 6. The first-order chi connectivity index (χ1) is 22.1. The Hall–Kier alpha value is -4.94. The van der Waals surface area contributed by atoms with Crippen LogP contribution in [0.2, 0.25) is 0 Å². The van der Waals surface area contributed by atoms with Crippen molar-refractivity contribution >= 4 is 43.5 Å². The van der Waals surface area contributed by atoms with Crippen LogP contribution in [0.3, 0.4) is 0 Å². The number of hydrogen-bond donors (Lipinski definition) is 0. The van der Waals surface area contributed by atoms with Crippen molar-refractivity contribution < 1.29 is 12.6 Å². The summed E-state index contributed by atoms with van der Waals surface area (Å²) in [7, 11) is 0. The van der Waals surface area contributed by atoms with E-state index in [0.29, 0.717) is 28.0 Å². The predicted octanol–water partition coefficient (Wildman–Crippen LogP) is 10.4. The Morgan fingerprint density at radius 2 is 1.51 bits per heavy atom. The van der Waals surface area contributed by atoms with Crippen LogP contribution < -0.4 is 0 Å². The molecule has 0 atom stereocenters. The molecule has 7 aromatic rings. The summed E-state index contributed by atoms with van der Waals surface area (Å²) in [6, 6.07) is 29.9. The zero-order chi connectivity index (χ0) is 33.5. The molecule has 0 N–H and O–H groups in total. The summed E-state index contributed by atoms with van der Waals surface area (Å²) >= 11 is 0. The second kappa shape index (κ2) is 9.04. The second-order valence-corrected chi connectivity index (χ2v) is 11.6. The van der Waals surface area contributed by atoms with E-state index in [4.69, 9.17) is 12.6 Å². The van der Waals surface area contributed by atoms with Gasteiger partial charge < -0.3 is 4.42 Å². The fourth-order valence-electron chi connectivity index (χ4n) is 5.68. The number of pyridine rings is 1. The van der Waals surface area contributed by atoms with Crippen LogP contribution in [0.5, 0.6) is 0 Å². The molecule has 0 bridgehead atoms. The third-order valence-corrected chi connectivity index (χ3v) is 7.95. The molecule has 198 valence electrons.